The molecule has 1 unspecified atom stereocenters. The number of imide groups is 1. The van der Waals surface area contributed by atoms with Crippen molar-refractivity contribution in [2.45, 2.75) is 25.8 Å². The third-order valence-corrected chi connectivity index (χ3v) is 6.60. The first kappa shape index (κ1) is 20.8. The molecule has 3 amide bonds. The lowest BCUT2D eigenvalue weighted by Gasteiger charge is -2.35. The zero-order valence-corrected chi connectivity index (χ0v) is 17.4. The van der Waals surface area contributed by atoms with Crippen molar-refractivity contribution in [1.29, 1.82) is 0 Å². The van der Waals surface area contributed by atoms with Gasteiger partial charge in [-0.1, -0.05) is 44.2 Å². The Labute approximate surface area is 166 Å². The van der Waals surface area contributed by atoms with Crippen LogP contribution >= 0.6 is 0 Å². The highest BCUT2D eigenvalue weighted by Crippen LogP contribution is 2.35. The van der Waals surface area contributed by atoms with Gasteiger partial charge in [0.15, 0.2) is 0 Å². The summed E-state index contributed by atoms with van der Waals surface area (Å²) in [5.41, 5.74) is -0.271. The second-order valence-corrected chi connectivity index (χ2v) is 9.94. The van der Waals surface area contributed by atoms with Gasteiger partial charge in [-0.25, -0.2) is 18.1 Å². The average Bonchev–Trinajstić information content (AvgIpc) is 2.87. The minimum atomic E-state index is -3.22. The molecule has 154 valence electrons. The number of hydrogen-bond acceptors (Lipinski definition) is 5. The molecule has 2 fully saturated rings. The van der Waals surface area contributed by atoms with Gasteiger partial charge in [0.25, 0.3) is 5.91 Å². The molecule has 1 aromatic rings. The molecule has 3 rings (SSSR count). The molecular formula is C19H28N4O4S. The molecule has 0 aliphatic carbocycles. The maximum Gasteiger partial charge on any atom is 0.326 e. The smallest absolute Gasteiger partial charge is 0.319 e. The SMILES string of the molecule is CC(C)CC1(c2ccccc2)NC(=O)N(CN2CCN(S(C)(=O)=O)CC2)C1=O. The molecule has 0 spiro atoms. The second-order valence-electron chi connectivity index (χ2n) is 7.95. The number of benzene rings is 1. The van der Waals surface area contributed by atoms with E-state index in [9.17, 15) is 18.0 Å². The normalized spacial score (nSPS) is 24.8. The molecule has 1 N–H and O–H groups in total. The van der Waals surface area contributed by atoms with E-state index in [1.165, 1.54) is 15.5 Å². The summed E-state index contributed by atoms with van der Waals surface area (Å²) in [6.45, 7) is 5.89. The third-order valence-electron chi connectivity index (χ3n) is 5.30. The monoisotopic (exact) mass is 408 g/mol. The molecule has 2 heterocycles. The van der Waals surface area contributed by atoms with Gasteiger partial charge in [0, 0.05) is 26.2 Å². The summed E-state index contributed by atoms with van der Waals surface area (Å²) in [6.07, 6.45) is 1.71. The number of nitrogens with one attached hydrogen (secondary N) is 1. The van der Waals surface area contributed by atoms with E-state index in [4.69, 9.17) is 0 Å². The standard InChI is InChI=1S/C19H28N4O4S/c1-15(2)13-19(16-7-5-4-6-8-16)17(24)23(18(25)20-19)14-21-9-11-22(12-10-21)28(3,26)27/h4-8,15H,9-14H2,1-3H3,(H,20,25). The number of piperazine rings is 1. The van der Waals surface area contributed by atoms with Crippen molar-refractivity contribution in [2.75, 3.05) is 39.1 Å². The van der Waals surface area contributed by atoms with Gasteiger partial charge in [-0.05, 0) is 17.9 Å². The number of hydrogen-bond donors (Lipinski definition) is 1. The summed E-state index contributed by atoms with van der Waals surface area (Å²) < 4.78 is 24.7. The molecule has 2 saturated heterocycles. The van der Waals surface area contributed by atoms with Gasteiger partial charge in [-0.2, -0.15) is 4.31 Å². The first-order chi connectivity index (χ1) is 13.1. The number of carbonyl (C=O) groups excluding carboxylic acids is 2. The van der Waals surface area contributed by atoms with Crippen LogP contribution in [0.25, 0.3) is 0 Å². The van der Waals surface area contributed by atoms with Crippen LogP contribution in [0.2, 0.25) is 0 Å². The Balaban J connectivity index is 1.77. The summed E-state index contributed by atoms with van der Waals surface area (Å²) in [5, 5.41) is 2.94. The van der Waals surface area contributed by atoms with Crippen LogP contribution in [0.5, 0.6) is 0 Å². The van der Waals surface area contributed by atoms with Crippen molar-refractivity contribution in [3.8, 4) is 0 Å². The molecule has 2 aliphatic rings. The van der Waals surface area contributed by atoms with Crippen LogP contribution in [0.3, 0.4) is 0 Å². The molecule has 0 aromatic heterocycles. The number of carbonyl (C=O) groups is 2. The lowest BCUT2D eigenvalue weighted by Crippen LogP contribution is -2.52. The Bertz CT molecular complexity index is 835. The van der Waals surface area contributed by atoms with E-state index in [2.05, 4.69) is 5.32 Å². The van der Waals surface area contributed by atoms with Gasteiger partial charge >= 0.3 is 6.03 Å². The third kappa shape index (κ3) is 4.06. The fraction of sp³-hybridized carbons (Fsp3) is 0.579. The molecule has 1 atom stereocenters. The Morgan fingerprint density at radius 3 is 2.21 bits per heavy atom. The highest BCUT2D eigenvalue weighted by Gasteiger charge is 2.52. The predicted octanol–water partition coefficient (Wildman–Crippen LogP) is 1.01. The van der Waals surface area contributed by atoms with Gasteiger partial charge in [0.05, 0.1) is 12.9 Å². The van der Waals surface area contributed by atoms with Gasteiger partial charge in [-0.3, -0.25) is 9.69 Å². The van der Waals surface area contributed by atoms with Crippen LogP contribution < -0.4 is 5.32 Å². The van der Waals surface area contributed by atoms with Crippen molar-refractivity contribution in [3.05, 3.63) is 35.9 Å². The minimum Gasteiger partial charge on any atom is -0.319 e. The predicted molar refractivity (Wildman–Crippen MR) is 106 cm³/mol. The van der Waals surface area contributed by atoms with E-state index in [-0.39, 0.29) is 18.5 Å². The van der Waals surface area contributed by atoms with Crippen molar-refractivity contribution in [1.82, 2.24) is 19.4 Å². The van der Waals surface area contributed by atoms with Crippen LogP contribution in [0.1, 0.15) is 25.8 Å². The van der Waals surface area contributed by atoms with Crippen molar-refractivity contribution in [3.63, 3.8) is 0 Å². The fourth-order valence-corrected chi connectivity index (χ4v) is 4.77. The van der Waals surface area contributed by atoms with E-state index >= 15 is 0 Å². The Morgan fingerprint density at radius 1 is 1.07 bits per heavy atom. The highest BCUT2D eigenvalue weighted by atomic mass is 32.2. The second kappa shape index (κ2) is 7.81. The summed E-state index contributed by atoms with van der Waals surface area (Å²) in [6, 6.07) is 8.95. The molecule has 8 nitrogen and oxygen atoms in total. The van der Waals surface area contributed by atoms with E-state index in [0.717, 1.165) is 5.56 Å². The number of sulfonamides is 1. The van der Waals surface area contributed by atoms with Gasteiger partial charge in [0.2, 0.25) is 10.0 Å². The van der Waals surface area contributed by atoms with Crippen LogP contribution in [-0.4, -0.2) is 73.6 Å². The molecule has 0 radical (unpaired) electrons. The Hall–Kier alpha value is -1.97. The van der Waals surface area contributed by atoms with Crippen molar-refractivity contribution < 1.29 is 18.0 Å². The van der Waals surface area contributed by atoms with E-state index in [1.54, 1.807) is 0 Å². The number of urea groups is 1. The van der Waals surface area contributed by atoms with Crippen LogP contribution in [0, 0.1) is 5.92 Å². The largest absolute Gasteiger partial charge is 0.326 e. The zero-order chi connectivity index (χ0) is 20.5. The summed E-state index contributed by atoms with van der Waals surface area (Å²) in [4.78, 5) is 29.3. The summed E-state index contributed by atoms with van der Waals surface area (Å²) in [5.74, 6) is -0.0364. The average molecular weight is 409 g/mol. The summed E-state index contributed by atoms with van der Waals surface area (Å²) in [7, 11) is -3.22. The highest BCUT2D eigenvalue weighted by molar-refractivity contribution is 7.88. The number of amides is 3. The molecule has 1 aromatic carbocycles. The molecular weight excluding hydrogens is 380 g/mol. The Kier molecular flexibility index (Phi) is 5.79. The topological polar surface area (TPSA) is 90.0 Å². The molecule has 0 saturated carbocycles. The molecule has 0 bridgehead atoms. The Morgan fingerprint density at radius 2 is 1.68 bits per heavy atom. The maximum absolute atomic E-state index is 13.4. The zero-order valence-electron chi connectivity index (χ0n) is 16.6. The summed E-state index contributed by atoms with van der Waals surface area (Å²) >= 11 is 0. The van der Waals surface area contributed by atoms with Gasteiger partial charge in [-0.15, -0.1) is 0 Å². The number of rotatable bonds is 6. The quantitative estimate of drug-likeness (QED) is 0.710. The number of nitrogens with zero attached hydrogens (tertiary/aromatic N) is 3. The lowest BCUT2D eigenvalue weighted by molar-refractivity contribution is -0.134. The molecule has 2 aliphatic heterocycles. The first-order valence-electron chi connectivity index (χ1n) is 9.50. The van der Waals surface area contributed by atoms with Crippen molar-refractivity contribution >= 4 is 22.0 Å². The van der Waals surface area contributed by atoms with E-state index < -0.39 is 21.6 Å². The van der Waals surface area contributed by atoms with E-state index in [0.29, 0.717) is 32.6 Å². The van der Waals surface area contributed by atoms with Crippen LogP contribution in [0.4, 0.5) is 4.79 Å². The molecule has 9 heteroatoms. The lowest BCUT2D eigenvalue weighted by atomic mass is 9.82. The van der Waals surface area contributed by atoms with Crippen LogP contribution in [-0.2, 0) is 20.4 Å². The van der Waals surface area contributed by atoms with Crippen molar-refractivity contribution in [2.24, 2.45) is 5.92 Å². The minimum absolute atomic E-state index is 0.162. The van der Waals surface area contributed by atoms with Gasteiger partial charge in [0.1, 0.15) is 5.54 Å². The van der Waals surface area contributed by atoms with E-state index in [1.807, 2.05) is 49.1 Å². The van der Waals surface area contributed by atoms with Gasteiger partial charge < -0.3 is 5.32 Å². The molecule has 28 heavy (non-hydrogen) atoms. The fourth-order valence-electron chi connectivity index (χ4n) is 3.94. The maximum atomic E-state index is 13.4. The van der Waals surface area contributed by atoms with Crippen LogP contribution in [0.15, 0.2) is 30.3 Å². The first-order valence-corrected chi connectivity index (χ1v) is 11.4.